The van der Waals surface area contributed by atoms with E-state index in [1.807, 2.05) is 6.07 Å². The quantitative estimate of drug-likeness (QED) is 0.912. The van der Waals surface area contributed by atoms with Crippen molar-refractivity contribution in [3.8, 4) is 17.0 Å². The topological polar surface area (TPSA) is 53.1 Å². The second-order valence-corrected chi connectivity index (χ2v) is 5.55. The van der Waals surface area contributed by atoms with Crippen LogP contribution in [0.15, 0.2) is 18.2 Å². The van der Waals surface area contributed by atoms with Crippen molar-refractivity contribution in [2.45, 2.75) is 39.3 Å². The Morgan fingerprint density at radius 2 is 2.15 bits per heavy atom. The Kier molecular flexibility index (Phi) is 3.26. The van der Waals surface area contributed by atoms with E-state index in [2.05, 4.69) is 30.5 Å². The fourth-order valence-electron chi connectivity index (χ4n) is 2.95. The van der Waals surface area contributed by atoms with Crippen LogP contribution >= 0.6 is 0 Å². The molecule has 2 N–H and O–H groups in total. The number of rotatable bonds is 2. The van der Waals surface area contributed by atoms with Crippen molar-refractivity contribution in [2.24, 2.45) is 5.73 Å². The number of ether oxygens (including phenoxy) is 1. The lowest BCUT2D eigenvalue weighted by Gasteiger charge is -2.21. The van der Waals surface area contributed by atoms with Crippen molar-refractivity contribution in [1.82, 2.24) is 9.55 Å². The van der Waals surface area contributed by atoms with Gasteiger partial charge in [0, 0.05) is 30.3 Å². The first kappa shape index (κ1) is 13.2. The van der Waals surface area contributed by atoms with E-state index in [0.717, 1.165) is 36.7 Å². The Balaban J connectivity index is 2.07. The molecule has 0 saturated heterocycles. The van der Waals surface area contributed by atoms with Crippen molar-refractivity contribution >= 4 is 0 Å². The maximum absolute atomic E-state index is 6.07. The summed E-state index contributed by atoms with van der Waals surface area (Å²) in [5.41, 5.74) is 10.7. The third-order valence-electron chi connectivity index (χ3n) is 4.14. The van der Waals surface area contributed by atoms with Crippen molar-refractivity contribution in [3.63, 3.8) is 0 Å². The van der Waals surface area contributed by atoms with Crippen LogP contribution in [-0.4, -0.2) is 22.7 Å². The molecule has 0 bridgehead atoms. The summed E-state index contributed by atoms with van der Waals surface area (Å²) in [6, 6.07) is 6.39. The monoisotopic (exact) mass is 271 g/mol. The number of benzene rings is 1. The molecule has 0 fully saturated rings. The van der Waals surface area contributed by atoms with Crippen LogP contribution in [0.1, 0.15) is 23.5 Å². The Morgan fingerprint density at radius 3 is 2.85 bits per heavy atom. The summed E-state index contributed by atoms with van der Waals surface area (Å²) in [5.74, 6) is 2.05. The number of hydrogen-bond acceptors (Lipinski definition) is 3. The average Bonchev–Trinajstić information content (AvgIpc) is 2.76. The number of nitrogens with two attached hydrogens (primary N) is 1. The van der Waals surface area contributed by atoms with Crippen LogP contribution in [0.25, 0.3) is 11.3 Å². The van der Waals surface area contributed by atoms with Crippen LogP contribution in [0.4, 0.5) is 0 Å². The number of fused-ring (bicyclic) bond motifs is 1. The highest BCUT2D eigenvalue weighted by atomic mass is 16.5. The van der Waals surface area contributed by atoms with Gasteiger partial charge in [-0.15, -0.1) is 0 Å². The third kappa shape index (κ3) is 2.10. The molecule has 0 radical (unpaired) electrons. The summed E-state index contributed by atoms with van der Waals surface area (Å²) in [7, 11) is 1.69. The van der Waals surface area contributed by atoms with E-state index < -0.39 is 0 Å². The number of hydrogen-bond donors (Lipinski definition) is 1. The van der Waals surface area contributed by atoms with Crippen LogP contribution in [-0.2, 0) is 13.0 Å². The molecule has 1 atom stereocenters. The number of aromatic nitrogens is 2. The molecule has 0 amide bonds. The summed E-state index contributed by atoms with van der Waals surface area (Å²) in [6.45, 7) is 5.11. The molecule has 2 heterocycles. The number of methoxy groups -OCH3 is 1. The minimum atomic E-state index is 0.250. The molecular weight excluding hydrogens is 250 g/mol. The zero-order valence-corrected chi connectivity index (χ0v) is 12.3. The maximum Gasteiger partial charge on any atom is 0.119 e. The van der Waals surface area contributed by atoms with Gasteiger partial charge in [-0.05, 0) is 44.0 Å². The first-order valence-electron chi connectivity index (χ1n) is 7.06. The molecule has 1 aliphatic rings. The first-order chi connectivity index (χ1) is 9.60. The number of nitrogens with zero attached hydrogens (tertiary/aromatic N) is 2. The molecule has 0 aliphatic carbocycles. The standard InChI is InChI=1S/C16H21N3O/c1-10-8-13(20-3)5-6-14(10)16-11(2)19-9-12(17)4-7-15(19)18-16/h5-6,8,12H,4,7,9,17H2,1-3H3. The van der Waals surface area contributed by atoms with Gasteiger partial charge in [-0.3, -0.25) is 0 Å². The molecule has 0 spiro atoms. The molecule has 4 heteroatoms. The van der Waals surface area contributed by atoms with Crippen LogP contribution in [0.3, 0.4) is 0 Å². The summed E-state index contributed by atoms with van der Waals surface area (Å²) >= 11 is 0. The van der Waals surface area contributed by atoms with Crippen LogP contribution < -0.4 is 10.5 Å². The van der Waals surface area contributed by atoms with Gasteiger partial charge in [0.15, 0.2) is 0 Å². The van der Waals surface area contributed by atoms with E-state index >= 15 is 0 Å². The van der Waals surface area contributed by atoms with Crippen molar-refractivity contribution in [2.75, 3.05) is 7.11 Å². The van der Waals surface area contributed by atoms with Gasteiger partial charge in [-0.25, -0.2) is 4.98 Å². The molecular formula is C16H21N3O. The Hall–Kier alpha value is -1.81. The predicted molar refractivity (Wildman–Crippen MR) is 80.0 cm³/mol. The van der Waals surface area contributed by atoms with Crippen molar-refractivity contribution in [1.29, 1.82) is 0 Å². The summed E-state index contributed by atoms with van der Waals surface area (Å²) < 4.78 is 7.54. The van der Waals surface area contributed by atoms with Gasteiger partial charge in [-0.1, -0.05) is 0 Å². The number of aryl methyl sites for hydroxylation is 2. The normalized spacial score (nSPS) is 17.9. The Morgan fingerprint density at radius 1 is 1.35 bits per heavy atom. The SMILES string of the molecule is COc1ccc(-c2nc3n(c2C)CC(N)CC3)c(C)c1. The van der Waals surface area contributed by atoms with E-state index in [-0.39, 0.29) is 6.04 Å². The van der Waals surface area contributed by atoms with E-state index in [0.29, 0.717) is 0 Å². The number of imidazole rings is 1. The summed E-state index contributed by atoms with van der Waals surface area (Å²) in [6.07, 6.45) is 1.99. The molecule has 1 unspecified atom stereocenters. The first-order valence-corrected chi connectivity index (χ1v) is 7.06. The van der Waals surface area contributed by atoms with Crippen molar-refractivity contribution < 1.29 is 4.74 Å². The summed E-state index contributed by atoms with van der Waals surface area (Å²) in [4.78, 5) is 4.84. The lowest BCUT2D eigenvalue weighted by atomic mass is 10.0. The molecule has 4 nitrogen and oxygen atoms in total. The highest BCUT2D eigenvalue weighted by Crippen LogP contribution is 2.30. The fourth-order valence-corrected chi connectivity index (χ4v) is 2.95. The summed E-state index contributed by atoms with van der Waals surface area (Å²) in [5, 5.41) is 0. The molecule has 20 heavy (non-hydrogen) atoms. The largest absolute Gasteiger partial charge is 0.497 e. The zero-order chi connectivity index (χ0) is 14.3. The highest BCUT2D eigenvalue weighted by molar-refractivity contribution is 5.67. The van der Waals surface area contributed by atoms with Gasteiger partial charge >= 0.3 is 0 Å². The van der Waals surface area contributed by atoms with Gasteiger partial charge < -0.3 is 15.0 Å². The molecule has 106 valence electrons. The minimum Gasteiger partial charge on any atom is -0.497 e. The molecule has 2 aromatic rings. The fraction of sp³-hybridized carbons (Fsp3) is 0.438. The van der Waals surface area contributed by atoms with Gasteiger partial charge in [0.25, 0.3) is 0 Å². The third-order valence-corrected chi connectivity index (χ3v) is 4.14. The maximum atomic E-state index is 6.07. The van der Waals surface area contributed by atoms with Gasteiger partial charge in [0.05, 0.1) is 12.8 Å². The molecule has 3 rings (SSSR count). The molecule has 1 aromatic carbocycles. The van der Waals surface area contributed by atoms with Gasteiger partial charge in [0.2, 0.25) is 0 Å². The Bertz CT molecular complexity index is 645. The van der Waals surface area contributed by atoms with E-state index in [4.69, 9.17) is 15.5 Å². The lowest BCUT2D eigenvalue weighted by molar-refractivity contribution is 0.414. The van der Waals surface area contributed by atoms with E-state index in [1.165, 1.54) is 16.8 Å². The predicted octanol–water partition coefficient (Wildman–Crippen LogP) is 2.45. The smallest absolute Gasteiger partial charge is 0.119 e. The van der Waals surface area contributed by atoms with E-state index in [9.17, 15) is 0 Å². The molecule has 1 aromatic heterocycles. The van der Waals surface area contributed by atoms with E-state index in [1.54, 1.807) is 7.11 Å². The lowest BCUT2D eigenvalue weighted by Crippen LogP contribution is -2.32. The second-order valence-electron chi connectivity index (χ2n) is 5.55. The zero-order valence-electron chi connectivity index (χ0n) is 12.3. The van der Waals surface area contributed by atoms with Crippen LogP contribution in [0, 0.1) is 13.8 Å². The van der Waals surface area contributed by atoms with Crippen molar-refractivity contribution in [3.05, 3.63) is 35.3 Å². The molecule has 0 saturated carbocycles. The van der Waals surface area contributed by atoms with Gasteiger partial charge in [-0.2, -0.15) is 0 Å². The van der Waals surface area contributed by atoms with Crippen LogP contribution in [0.2, 0.25) is 0 Å². The highest BCUT2D eigenvalue weighted by Gasteiger charge is 2.22. The second kappa shape index (κ2) is 4.94. The minimum absolute atomic E-state index is 0.250. The molecule has 1 aliphatic heterocycles. The average molecular weight is 271 g/mol. The van der Waals surface area contributed by atoms with Crippen LogP contribution in [0.5, 0.6) is 5.75 Å². The Labute approximate surface area is 119 Å². The van der Waals surface area contributed by atoms with Gasteiger partial charge in [0.1, 0.15) is 11.6 Å².